The van der Waals surface area contributed by atoms with E-state index in [-0.39, 0.29) is 12.5 Å². The van der Waals surface area contributed by atoms with Crippen LogP contribution in [0.3, 0.4) is 0 Å². The third-order valence-corrected chi connectivity index (χ3v) is 2.96. The Kier molecular flexibility index (Phi) is 4.16. The summed E-state index contributed by atoms with van der Waals surface area (Å²) in [6.45, 7) is 3.43. The van der Waals surface area contributed by atoms with Crippen molar-refractivity contribution in [3.8, 4) is 11.8 Å². The molecule has 98 valence electrons. The maximum Gasteiger partial charge on any atom is 0.251 e. The monoisotopic (exact) mass is 257 g/mol. The Morgan fingerprint density at radius 3 is 2.63 bits per heavy atom. The number of hydrogen-bond donors (Lipinski definition) is 2. The Hall–Kier alpha value is -2.32. The van der Waals surface area contributed by atoms with Crippen molar-refractivity contribution in [2.75, 3.05) is 25.0 Å². The van der Waals surface area contributed by atoms with Crippen LogP contribution in [0, 0.1) is 11.3 Å². The van der Waals surface area contributed by atoms with Gasteiger partial charge in [0.15, 0.2) is 6.61 Å². The molecule has 0 bridgehead atoms. The third kappa shape index (κ3) is 3.33. The van der Waals surface area contributed by atoms with Crippen molar-refractivity contribution < 1.29 is 9.53 Å². The van der Waals surface area contributed by atoms with Crippen molar-refractivity contribution in [2.45, 2.75) is 6.92 Å². The van der Waals surface area contributed by atoms with Crippen molar-refractivity contribution in [2.24, 2.45) is 0 Å². The van der Waals surface area contributed by atoms with Crippen LogP contribution in [0.1, 0.15) is 6.92 Å². The lowest BCUT2D eigenvalue weighted by atomic mass is 10.0. The van der Waals surface area contributed by atoms with Crippen LogP contribution >= 0.6 is 0 Å². The van der Waals surface area contributed by atoms with Crippen LogP contribution in [0.25, 0.3) is 0 Å². The summed E-state index contributed by atoms with van der Waals surface area (Å²) in [5.41, 5.74) is 2.62. The van der Waals surface area contributed by atoms with Gasteiger partial charge in [0.25, 0.3) is 5.91 Å². The van der Waals surface area contributed by atoms with Gasteiger partial charge in [-0.25, -0.2) is 0 Å². The number of anilines is 1. The number of carbonyl (C=O) groups excluding carboxylic acids is 1. The SMILES string of the molecule is CC(C(=O)Nc1ccc(OCC#N)cc1)=C1CNC1. The fourth-order valence-corrected chi connectivity index (χ4v) is 1.65. The molecule has 19 heavy (non-hydrogen) atoms. The summed E-state index contributed by atoms with van der Waals surface area (Å²) in [7, 11) is 0. The van der Waals surface area contributed by atoms with Gasteiger partial charge in [0.2, 0.25) is 0 Å². The third-order valence-electron chi connectivity index (χ3n) is 2.96. The highest BCUT2D eigenvalue weighted by atomic mass is 16.5. The molecule has 0 unspecified atom stereocenters. The van der Waals surface area contributed by atoms with Gasteiger partial charge in [-0.15, -0.1) is 0 Å². The van der Waals surface area contributed by atoms with E-state index < -0.39 is 0 Å². The molecule has 1 aromatic carbocycles. The number of hydrogen-bond acceptors (Lipinski definition) is 4. The number of rotatable bonds is 4. The summed E-state index contributed by atoms with van der Waals surface area (Å²) in [6.07, 6.45) is 0. The zero-order chi connectivity index (χ0) is 13.7. The van der Waals surface area contributed by atoms with Gasteiger partial charge in [0, 0.05) is 24.4 Å². The maximum absolute atomic E-state index is 11.9. The summed E-state index contributed by atoms with van der Waals surface area (Å²) >= 11 is 0. The second-order valence-corrected chi connectivity index (χ2v) is 4.26. The van der Waals surface area contributed by atoms with E-state index in [1.54, 1.807) is 24.3 Å². The van der Waals surface area contributed by atoms with Crippen LogP contribution in [0.4, 0.5) is 5.69 Å². The topological polar surface area (TPSA) is 74.1 Å². The first-order chi connectivity index (χ1) is 9.20. The molecule has 0 atom stereocenters. The zero-order valence-corrected chi connectivity index (χ0v) is 10.7. The molecular weight excluding hydrogens is 242 g/mol. The highest BCUT2D eigenvalue weighted by molar-refractivity contribution is 6.04. The van der Waals surface area contributed by atoms with Gasteiger partial charge >= 0.3 is 0 Å². The first kappa shape index (κ1) is 13.1. The molecule has 0 aromatic heterocycles. The first-order valence-electron chi connectivity index (χ1n) is 6.01. The van der Waals surface area contributed by atoms with Crippen LogP contribution in [0.2, 0.25) is 0 Å². The second-order valence-electron chi connectivity index (χ2n) is 4.26. The van der Waals surface area contributed by atoms with Crippen molar-refractivity contribution in [3.05, 3.63) is 35.4 Å². The number of benzene rings is 1. The molecule has 0 saturated carbocycles. The lowest BCUT2D eigenvalue weighted by Crippen LogP contribution is -2.36. The Morgan fingerprint density at radius 1 is 1.42 bits per heavy atom. The maximum atomic E-state index is 11.9. The molecule has 1 aliphatic heterocycles. The number of ether oxygens (including phenoxy) is 1. The lowest BCUT2D eigenvalue weighted by Gasteiger charge is -2.21. The Balaban J connectivity index is 1.96. The van der Waals surface area contributed by atoms with E-state index in [1.807, 2.05) is 13.0 Å². The van der Waals surface area contributed by atoms with E-state index in [9.17, 15) is 4.79 Å². The average Bonchev–Trinajstić information content (AvgIpc) is 2.36. The summed E-state index contributed by atoms with van der Waals surface area (Å²) in [4.78, 5) is 11.9. The summed E-state index contributed by atoms with van der Waals surface area (Å²) in [5, 5.41) is 14.3. The summed E-state index contributed by atoms with van der Waals surface area (Å²) < 4.78 is 5.14. The minimum atomic E-state index is -0.0813. The molecule has 1 aliphatic rings. The predicted octanol–water partition coefficient (Wildman–Crippen LogP) is 1.45. The molecule has 0 spiro atoms. The Morgan fingerprint density at radius 2 is 2.11 bits per heavy atom. The molecule has 1 saturated heterocycles. The molecule has 1 heterocycles. The van der Waals surface area contributed by atoms with Crippen LogP contribution < -0.4 is 15.4 Å². The molecule has 5 heteroatoms. The fraction of sp³-hybridized carbons (Fsp3) is 0.286. The highest BCUT2D eigenvalue weighted by Crippen LogP contribution is 2.17. The lowest BCUT2D eigenvalue weighted by molar-refractivity contribution is -0.112. The smallest absolute Gasteiger partial charge is 0.251 e. The zero-order valence-electron chi connectivity index (χ0n) is 10.7. The molecule has 1 aromatic rings. The standard InChI is InChI=1S/C14H15N3O2/c1-10(11-8-16-9-11)14(18)17-12-2-4-13(5-3-12)19-7-6-15/h2-5,16H,7-9H2,1H3,(H,17,18). The predicted molar refractivity (Wildman–Crippen MR) is 71.7 cm³/mol. The second kappa shape index (κ2) is 6.03. The van der Waals surface area contributed by atoms with Gasteiger partial charge in [0.05, 0.1) is 0 Å². The Bertz CT molecular complexity index is 535. The van der Waals surface area contributed by atoms with E-state index in [0.717, 1.165) is 24.2 Å². The molecule has 1 amide bonds. The molecule has 5 nitrogen and oxygen atoms in total. The van der Waals surface area contributed by atoms with Gasteiger partial charge < -0.3 is 15.4 Å². The van der Waals surface area contributed by atoms with Gasteiger partial charge in [-0.3, -0.25) is 4.79 Å². The quantitative estimate of drug-likeness (QED) is 0.801. The molecule has 2 N–H and O–H groups in total. The fourth-order valence-electron chi connectivity index (χ4n) is 1.65. The van der Waals surface area contributed by atoms with E-state index in [2.05, 4.69) is 10.6 Å². The van der Waals surface area contributed by atoms with Crippen LogP contribution in [-0.4, -0.2) is 25.6 Å². The first-order valence-corrected chi connectivity index (χ1v) is 6.01. The molecular formula is C14H15N3O2. The highest BCUT2D eigenvalue weighted by Gasteiger charge is 2.15. The molecule has 0 radical (unpaired) electrons. The molecule has 2 rings (SSSR count). The number of nitrogens with one attached hydrogen (secondary N) is 2. The van der Waals surface area contributed by atoms with Crippen LogP contribution in [0.15, 0.2) is 35.4 Å². The molecule has 1 fully saturated rings. The van der Waals surface area contributed by atoms with E-state index >= 15 is 0 Å². The minimum absolute atomic E-state index is 0.0178. The average molecular weight is 257 g/mol. The Labute approximate surface area is 111 Å². The summed E-state index contributed by atoms with van der Waals surface area (Å²) in [5.74, 6) is 0.528. The largest absolute Gasteiger partial charge is 0.479 e. The number of nitrogens with zero attached hydrogens (tertiary/aromatic N) is 1. The van der Waals surface area contributed by atoms with E-state index in [4.69, 9.17) is 10.00 Å². The van der Waals surface area contributed by atoms with Gasteiger partial charge in [0.1, 0.15) is 11.8 Å². The van der Waals surface area contributed by atoms with Crippen LogP contribution in [-0.2, 0) is 4.79 Å². The minimum Gasteiger partial charge on any atom is -0.479 e. The number of amides is 1. The molecule has 0 aliphatic carbocycles. The van der Waals surface area contributed by atoms with Crippen molar-refractivity contribution in [3.63, 3.8) is 0 Å². The number of nitriles is 1. The van der Waals surface area contributed by atoms with E-state index in [1.165, 1.54) is 0 Å². The van der Waals surface area contributed by atoms with E-state index in [0.29, 0.717) is 11.4 Å². The van der Waals surface area contributed by atoms with Gasteiger partial charge in [-0.1, -0.05) is 0 Å². The summed E-state index contributed by atoms with van der Waals surface area (Å²) in [6, 6.07) is 8.85. The van der Waals surface area contributed by atoms with Crippen molar-refractivity contribution >= 4 is 11.6 Å². The van der Waals surface area contributed by atoms with Crippen LogP contribution in [0.5, 0.6) is 5.75 Å². The van der Waals surface area contributed by atoms with Crippen molar-refractivity contribution in [1.82, 2.24) is 5.32 Å². The van der Waals surface area contributed by atoms with Gasteiger partial charge in [-0.05, 0) is 36.8 Å². The van der Waals surface area contributed by atoms with Gasteiger partial charge in [-0.2, -0.15) is 5.26 Å². The van der Waals surface area contributed by atoms with Crippen molar-refractivity contribution in [1.29, 1.82) is 5.26 Å². The number of carbonyl (C=O) groups is 1. The normalized spacial score (nSPS) is 13.2.